The Morgan fingerprint density at radius 3 is 2.59 bits per heavy atom. The Kier molecular flexibility index (Phi) is 6.92. The molecule has 0 unspecified atom stereocenters. The molecule has 2 amide bonds. The molecule has 3 rings (SSSR count). The first-order valence-corrected chi connectivity index (χ1v) is 12.3. The summed E-state index contributed by atoms with van der Waals surface area (Å²) in [5.41, 5.74) is 0.901. The van der Waals surface area contributed by atoms with E-state index >= 15 is 0 Å². The molecule has 10 heteroatoms. The van der Waals surface area contributed by atoms with Crippen molar-refractivity contribution in [3.8, 4) is 5.75 Å². The average molecular weight is 463 g/mol. The molecule has 2 aromatic rings. The largest absolute Gasteiger partial charge is 0.496 e. The van der Waals surface area contributed by atoms with Crippen LogP contribution in [0, 0.1) is 0 Å². The fourth-order valence-electron chi connectivity index (χ4n) is 3.52. The number of benzene rings is 1. The Labute approximate surface area is 188 Å². The molecule has 1 fully saturated rings. The van der Waals surface area contributed by atoms with Crippen LogP contribution < -0.4 is 15.4 Å². The number of hydrogen-bond acceptors (Lipinski definition) is 6. The van der Waals surface area contributed by atoms with Crippen LogP contribution in [0.4, 0.5) is 5.82 Å². The van der Waals surface area contributed by atoms with Crippen molar-refractivity contribution in [2.75, 3.05) is 30.5 Å². The monoisotopic (exact) mass is 462 g/mol. The quantitative estimate of drug-likeness (QED) is 0.652. The van der Waals surface area contributed by atoms with Gasteiger partial charge in [-0.1, -0.05) is 32.9 Å². The van der Waals surface area contributed by atoms with Gasteiger partial charge in [0.15, 0.2) is 9.84 Å². The molecule has 2 N–H and O–H groups in total. The van der Waals surface area contributed by atoms with Crippen molar-refractivity contribution in [2.24, 2.45) is 0 Å². The Hall–Kier alpha value is -2.88. The number of hydrogen-bond donors (Lipinski definition) is 2. The summed E-state index contributed by atoms with van der Waals surface area (Å²) in [7, 11) is -1.61. The molecule has 2 heterocycles. The second kappa shape index (κ2) is 9.32. The van der Waals surface area contributed by atoms with E-state index in [4.69, 9.17) is 4.74 Å². The Morgan fingerprint density at radius 1 is 1.25 bits per heavy atom. The minimum Gasteiger partial charge on any atom is -0.496 e. The van der Waals surface area contributed by atoms with Crippen molar-refractivity contribution in [1.29, 1.82) is 0 Å². The van der Waals surface area contributed by atoms with Gasteiger partial charge in [-0.15, -0.1) is 0 Å². The third kappa shape index (κ3) is 5.67. The summed E-state index contributed by atoms with van der Waals surface area (Å²) in [5.74, 6) is 0.429. The Balaban J connectivity index is 1.65. The number of sulfone groups is 1. The van der Waals surface area contributed by atoms with E-state index in [2.05, 4.69) is 15.7 Å². The number of amides is 2. The number of ether oxygens (including phenoxy) is 1. The lowest BCUT2D eigenvalue weighted by Crippen LogP contribution is -2.28. The van der Waals surface area contributed by atoms with Crippen LogP contribution in [-0.4, -0.2) is 55.2 Å². The molecule has 0 radical (unpaired) electrons. The number of carbonyl (C=O) groups excluding carboxylic acids is 2. The van der Waals surface area contributed by atoms with Crippen molar-refractivity contribution < 1.29 is 22.7 Å². The molecule has 1 aromatic carbocycles. The van der Waals surface area contributed by atoms with Crippen molar-refractivity contribution >= 4 is 27.5 Å². The van der Waals surface area contributed by atoms with Gasteiger partial charge < -0.3 is 15.4 Å². The predicted octanol–water partition coefficient (Wildman–Crippen LogP) is 2.31. The van der Waals surface area contributed by atoms with Gasteiger partial charge in [0.1, 0.15) is 11.6 Å². The van der Waals surface area contributed by atoms with Crippen molar-refractivity contribution in [2.45, 2.75) is 45.1 Å². The van der Waals surface area contributed by atoms with E-state index in [1.54, 1.807) is 35.0 Å². The molecular weight excluding hydrogens is 432 g/mol. The molecule has 1 aliphatic heterocycles. The summed E-state index contributed by atoms with van der Waals surface area (Å²) in [6, 6.07) is 8.33. The number of anilines is 1. The fourth-order valence-corrected chi connectivity index (χ4v) is 5.22. The molecule has 0 spiro atoms. The Bertz CT molecular complexity index is 1100. The first kappa shape index (κ1) is 23.8. The SMILES string of the molecule is COc1ccccc1C(=O)NCCC(=O)Nc1cc(C(C)(C)C)nn1[C@H]1CCS(=O)(=O)C1. The van der Waals surface area contributed by atoms with Crippen LogP contribution in [0.1, 0.15) is 55.7 Å². The zero-order valence-electron chi connectivity index (χ0n) is 18.8. The van der Waals surface area contributed by atoms with Crippen LogP contribution in [0.25, 0.3) is 0 Å². The highest BCUT2D eigenvalue weighted by atomic mass is 32.2. The van der Waals surface area contributed by atoms with Gasteiger partial charge in [0.25, 0.3) is 5.91 Å². The van der Waals surface area contributed by atoms with Crippen LogP contribution in [0.5, 0.6) is 5.75 Å². The lowest BCUT2D eigenvalue weighted by atomic mass is 9.92. The molecule has 0 bridgehead atoms. The first-order valence-electron chi connectivity index (χ1n) is 10.5. The predicted molar refractivity (Wildman–Crippen MR) is 122 cm³/mol. The van der Waals surface area contributed by atoms with E-state index in [1.165, 1.54) is 7.11 Å². The van der Waals surface area contributed by atoms with E-state index in [0.29, 0.717) is 23.6 Å². The van der Waals surface area contributed by atoms with Gasteiger partial charge in [0, 0.05) is 24.4 Å². The standard InChI is InChI=1S/C22H30N4O5S/c1-22(2,3)18-13-19(26(25-18)15-10-12-32(29,30)14-15)24-20(27)9-11-23-21(28)16-7-5-6-8-17(16)31-4/h5-8,13,15H,9-12,14H2,1-4H3,(H,23,28)(H,24,27)/t15-/m0/s1. The highest BCUT2D eigenvalue weighted by Crippen LogP contribution is 2.31. The maximum Gasteiger partial charge on any atom is 0.255 e. The number of aromatic nitrogens is 2. The van der Waals surface area contributed by atoms with Crippen LogP contribution in [0.3, 0.4) is 0 Å². The first-order chi connectivity index (χ1) is 15.0. The van der Waals surface area contributed by atoms with E-state index in [9.17, 15) is 18.0 Å². The third-order valence-corrected chi connectivity index (χ3v) is 7.07. The minimum absolute atomic E-state index is 0.0100. The molecule has 1 aliphatic rings. The van der Waals surface area contributed by atoms with Crippen LogP contribution in [-0.2, 0) is 20.0 Å². The van der Waals surface area contributed by atoms with Gasteiger partial charge in [-0.25, -0.2) is 13.1 Å². The molecule has 1 atom stereocenters. The van der Waals surface area contributed by atoms with Crippen LogP contribution in [0.15, 0.2) is 30.3 Å². The van der Waals surface area contributed by atoms with Crippen LogP contribution >= 0.6 is 0 Å². The smallest absolute Gasteiger partial charge is 0.255 e. The van der Waals surface area contributed by atoms with E-state index < -0.39 is 9.84 Å². The molecule has 9 nitrogen and oxygen atoms in total. The van der Waals surface area contributed by atoms with Gasteiger partial charge >= 0.3 is 0 Å². The fraction of sp³-hybridized carbons (Fsp3) is 0.500. The summed E-state index contributed by atoms with van der Waals surface area (Å²) in [4.78, 5) is 24.9. The zero-order chi connectivity index (χ0) is 23.5. The number of methoxy groups -OCH3 is 1. The molecular formula is C22H30N4O5S. The number of para-hydroxylation sites is 1. The van der Waals surface area contributed by atoms with Gasteiger partial charge in [-0.05, 0) is 18.6 Å². The maximum absolute atomic E-state index is 12.6. The topological polar surface area (TPSA) is 119 Å². The third-order valence-electron chi connectivity index (χ3n) is 5.32. The summed E-state index contributed by atoms with van der Waals surface area (Å²) >= 11 is 0. The lowest BCUT2D eigenvalue weighted by molar-refractivity contribution is -0.116. The zero-order valence-corrected chi connectivity index (χ0v) is 19.7. The highest BCUT2D eigenvalue weighted by Gasteiger charge is 2.32. The summed E-state index contributed by atoms with van der Waals surface area (Å²) < 4.78 is 30.7. The number of rotatable bonds is 7. The van der Waals surface area contributed by atoms with Crippen molar-refractivity contribution in [3.63, 3.8) is 0 Å². The van der Waals surface area contributed by atoms with Gasteiger partial charge in [0.2, 0.25) is 5.91 Å². The molecule has 1 saturated heterocycles. The number of carbonyl (C=O) groups is 2. The van der Waals surface area contributed by atoms with Gasteiger partial charge in [0.05, 0.1) is 35.9 Å². The highest BCUT2D eigenvalue weighted by molar-refractivity contribution is 7.91. The number of nitrogens with zero attached hydrogens (tertiary/aromatic N) is 2. The Morgan fingerprint density at radius 2 is 1.97 bits per heavy atom. The van der Waals surface area contributed by atoms with Crippen LogP contribution in [0.2, 0.25) is 0 Å². The van der Waals surface area contributed by atoms with E-state index in [0.717, 1.165) is 5.69 Å². The second-order valence-electron chi connectivity index (χ2n) is 8.92. The molecule has 32 heavy (non-hydrogen) atoms. The second-order valence-corrected chi connectivity index (χ2v) is 11.1. The summed E-state index contributed by atoms with van der Waals surface area (Å²) in [6.07, 6.45) is 0.519. The van der Waals surface area contributed by atoms with Gasteiger partial charge in [-0.2, -0.15) is 5.10 Å². The van der Waals surface area contributed by atoms with E-state index in [-0.39, 0.29) is 47.7 Å². The minimum atomic E-state index is -3.10. The summed E-state index contributed by atoms with van der Waals surface area (Å²) in [5, 5.41) is 10.2. The average Bonchev–Trinajstić information content (AvgIpc) is 3.30. The van der Waals surface area contributed by atoms with Gasteiger partial charge in [-0.3, -0.25) is 9.59 Å². The molecule has 0 aliphatic carbocycles. The van der Waals surface area contributed by atoms with Crippen molar-refractivity contribution in [1.82, 2.24) is 15.1 Å². The lowest BCUT2D eigenvalue weighted by Gasteiger charge is -2.15. The maximum atomic E-state index is 12.6. The molecule has 174 valence electrons. The number of nitrogens with one attached hydrogen (secondary N) is 2. The summed E-state index contributed by atoms with van der Waals surface area (Å²) in [6.45, 7) is 6.15. The normalized spacial score (nSPS) is 17.7. The van der Waals surface area contributed by atoms with E-state index in [1.807, 2.05) is 20.8 Å². The van der Waals surface area contributed by atoms with Crippen molar-refractivity contribution in [3.05, 3.63) is 41.6 Å². The molecule has 1 aromatic heterocycles. The molecule has 0 saturated carbocycles.